The molecule has 0 radical (unpaired) electrons. The largest absolute Gasteiger partial charge is 0.481 e. The summed E-state index contributed by atoms with van der Waals surface area (Å²) in [5, 5.41) is 12.5. The molecule has 0 aromatic heterocycles. The number of fused-ring (bicyclic) bond motifs is 5. The van der Waals surface area contributed by atoms with E-state index in [0.29, 0.717) is 32.0 Å². The number of amides is 1. The molecule has 2 aliphatic heterocycles. The predicted molar refractivity (Wildman–Crippen MR) is 117 cm³/mol. The summed E-state index contributed by atoms with van der Waals surface area (Å²) < 4.78 is 5.85. The number of nitrogens with one attached hydrogen (secondary N) is 1. The lowest BCUT2D eigenvalue weighted by Gasteiger charge is -2.47. The smallest absolute Gasteiger partial charge is 0.409 e. The van der Waals surface area contributed by atoms with Gasteiger partial charge in [0.2, 0.25) is 0 Å². The number of piperidine rings is 2. The van der Waals surface area contributed by atoms with Crippen LogP contribution < -0.4 is 5.32 Å². The molecule has 0 spiro atoms. The second-order valence-corrected chi connectivity index (χ2v) is 8.98. The van der Waals surface area contributed by atoms with E-state index in [2.05, 4.69) is 29.6 Å². The van der Waals surface area contributed by atoms with E-state index >= 15 is 0 Å². The highest BCUT2D eigenvalue weighted by molar-refractivity contribution is 5.79. The Labute approximate surface area is 182 Å². The summed E-state index contributed by atoms with van der Waals surface area (Å²) in [5.74, 6) is 0.241. The molecule has 6 nitrogen and oxygen atoms in total. The SMILES string of the molecule is O=C(O)CCC1C2CNCC1CN(C(=O)OCC1c3ccccc3-c3ccccc31)C2. The van der Waals surface area contributed by atoms with Crippen LogP contribution in [0.25, 0.3) is 11.1 Å². The molecule has 1 aliphatic carbocycles. The van der Waals surface area contributed by atoms with Gasteiger partial charge in [-0.05, 0) is 59.5 Å². The van der Waals surface area contributed by atoms with Crippen molar-refractivity contribution in [3.63, 3.8) is 0 Å². The van der Waals surface area contributed by atoms with E-state index in [9.17, 15) is 9.59 Å². The second-order valence-electron chi connectivity index (χ2n) is 8.98. The molecular formula is C25H28N2O4. The Kier molecular flexibility index (Phi) is 5.40. The average molecular weight is 421 g/mol. The summed E-state index contributed by atoms with van der Waals surface area (Å²) in [7, 11) is 0. The number of carboxylic acids is 1. The Morgan fingerprint density at radius 2 is 1.55 bits per heavy atom. The number of carbonyl (C=O) groups excluding carboxylic acids is 1. The molecule has 2 bridgehead atoms. The first-order valence-corrected chi connectivity index (χ1v) is 11.1. The van der Waals surface area contributed by atoms with Gasteiger partial charge in [-0.3, -0.25) is 4.79 Å². The van der Waals surface area contributed by atoms with Crippen LogP contribution in [0.1, 0.15) is 29.9 Å². The fourth-order valence-corrected chi connectivity index (χ4v) is 5.78. The minimum Gasteiger partial charge on any atom is -0.481 e. The first kappa shape index (κ1) is 20.1. The van der Waals surface area contributed by atoms with Gasteiger partial charge in [-0.25, -0.2) is 4.79 Å². The van der Waals surface area contributed by atoms with Crippen LogP contribution in [-0.4, -0.2) is 54.9 Å². The Hall–Kier alpha value is -2.86. The van der Waals surface area contributed by atoms with E-state index in [0.717, 1.165) is 13.1 Å². The number of hydrogen-bond donors (Lipinski definition) is 2. The van der Waals surface area contributed by atoms with Crippen LogP contribution in [0.15, 0.2) is 48.5 Å². The number of carboxylic acid groups (broad SMARTS) is 1. The zero-order valence-corrected chi connectivity index (χ0v) is 17.5. The van der Waals surface area contributed by atoms with Gasteiger partial charge in [0.15, 0.2) is 0 Å². The summed E-state index contributed by atoms with van der Waals surface area (Å²) in [6.45, 7) is 3.25. The summed E-state index contributed by atoms with van der Waals surface area (Å²) in [6.07, 6.45) is 0.628. The fraction of sp³-hybridized carbons (Fsp3) is 0.440. The Bertz CT molecular complexity index is 931. The van der Waals surface area contributed by atoms with E-state index in [1.165, 1.54) is 22.3 Å². The number of benzene rings is 2. The van der Waals surface area contributed by atoms with Crippen molar-refractivity contribution in [2.75, 3.05) is 32.8 Å². The van der Waals surface area contributed by atoms with Gasteiger partial charge >= 0.3 is 12.1 Å². The number of nitrogens with zero attached hydrogens (tertiary/aromatic N) is 1. The van der Waals surface area contributed by atoms with Gasteiger partial charge < -0.3 is 20.1 Å². The lowest BCUT2D eigenvalue weighted by molar-refractivity contribution is -0.137. The lowest BCUT2D eigenvalue weighted by Crippen LogP contribution is -2.57. The van der Waals surface area contributed by atoms with Gasteiger partial charge in [0.05, 0.1) is 0 Å². The molecule has 2 atom stereocenters. The molecule has 2 heterocycles. The zero-order valence-electron chi connectivity index (χ0n) is 17.5. The van der Waals surface area contributed by atoms with Crippen LogP contribution in [0.2, 0.25) is 0 Å². The van der Waals surface area contributed by atoms with Crippen molar-refractivity contribution in [3.05, 3.63) is 59.7 Å². The van der Waals surface area contributed by atoms with Crippen LogP contribution in [0.5, 0.6) is 0 Å². The normalized spacial score (nSPS) is 24.4. The quantitative estimate of drug-likeness (QED) is 0.773. The van der Waals surface area contributed by atoms with E-state index in [4.69, 9.17) is 9.84 Å². The van der Waals surface area contributed by atoms with E-state index in [1.807, 2.05) is 29.2 Å². The van der Waals surface area contributed by atoms with Crippen LogP contribution in [-0.2, 0) is 9.53 Å². The van der Waals surface area contributed by atoms with Gasteiger partial charge in [-0.15, -0.1) is 0 Å². The highest BCUT2D eigenvalue weighted by atomic mass is 16.6. The molecule has 6 heteroatoms. The first-order chi connectivity index (χ1) is 15.1. The maximum absolute atomic E-state index is 13.0. The Balaban J connectivity index is 1.25. The van der Waals surface area contributed by atoms with E-state index in [1.54, 1.807) is 0 Å². The van der Waals surface area contributed by atoms with Gasteiger partial charge in [-0.1, -0.05) is 48.5 Å². The number of aliphatic carboxylic acids is 1. The van der Waals surface area contributed by atoms with Crippen molar-refractivity contribution < 1.29 is 19.4 Å². The third-order valence-electron chi connectivity index (χ3n) is 7.22. The van der Waals surface area contributed by atoms with Crippen LogP contribution in [0.3, 0.4) is 0 Å². The van der Waals surface area contributed by atoms with Crippen molar-refractivity contribution in [3.8, 4) is 11.1 Å². The summed E-state index contributed by atoms with van der Waals surface area (Å²) in [4.78, 5) is 25.8. The fourth-order valence-electron chi connectivity index (χ4n) is 5.78. The van der Waals surface area contributed by atoms with Crippen molar-refractivity contribution in [1.82, 2.24) is 10.2 Å². The molecule has 0 saturated carbocycles. The van der Waals surface area contributed by atoms with Crippen LogP contribution in [0.4, 0.5) is 4.79 Å². The van der Waals surface area contributed by atoms with Gasteiger partial charge in [-0.2, -0.15) is 0 Å². The molecule has 5 rings (SSSR count). The summed E-state index contributed by atoms with van der Waals surface area (Å²) in [5.41, 5.74) is 4.87. The van der Waals surface area contributed by atoms with E-state index < -0.39 is 5.97 Å². The predicted octanol–water partition coefficient (Wildman–Crippen LogP) is 3.57. The highest BCUT2D eigenvalue weighted by Gasteiger charge is 2.41. The third kappa shape index (κ3) is 3.81. The van der Waals surface area contributed by atoms with Crippen molar-refractivity contribution in [2.24, 2.45) is 17.8 Å². The van der Waals surface area contributed by atoms with Crippen molar-refractivity contribution in [1.29, 1.82) is 0 Å². The second kappa shape index (κ2) is 8.35. The Morgan fingerprint density at radius 3 is 2.13 bits per heavy atom. The number of ether oxygens (including phenoxy) is 1. The zero-order chi connectivity index (χ0) is 21.4. The van der Waals surface area contributed by atoms with Gasteiger partial charge in [0.25, 0.3) is 0 Å². The minimum atomic E-state index is -0.745. The topological polar surface area (TPSA) is 78.9 Å². The molecule has 31 heavy (non-hydrogen) atoms. The monoisotopic (exact) mass is 420 g/mol. The van der Waals surface area contributed by atoms with Gasteiger partial charge in [0.1, 0.15) is 6.61 Å². The molecule has 2 unspecified atom stereocenters. The molecular weight excluding hydrogens is 392 g/mol. The molecule has 2 fully saturated rings. The number of likely N-dealkylation sites (tertiary alicyclic amines) is 1. The molecule has 2 saturated heterocycles. The average Bonchev–Trinajstić information content (AvgIpc) is 3.09. The van der Waals surface area contributed by atoms with Crippen molar-refractivity contribution >= 4 is 12.1 Å². The van der Waals surface area contributed by atoms with Gasteiger partial charge in [0, 0.05) is 25.4 Å². The number of carbonyl (C=O) groups is 2. The molecule has 3 aliphatic rings. The molecule has 2 aromatic rings. The van der Waals surface area contributed by atoms with E-state index in [-0.39, 0.29) is 30.3 Å². The molecule has 162 valence electrons. The van der Waals surface area contributed by atoms with Crippen molar-refractivity contribution in [2.45, 2.75) is 18.8 Å². The lowest BCUT2D eigenvalue weighted by atomic mass is 9.73. The maximum Gasteiger partial charge on any atom is 0.409 e. The number of rotatable bonds is 5. The summed E-state index contributed by atoms with van der Waals surface area (Å²) in [6, 6.07) is 16.7. The number of hydrogen-bond acceptors (Lipinski definition) is 4. The summed E-state index contributed by atoms with van der Waals surface area (Å²) >= 11 is 0. The standard InChI is InChI=1S/C25H28N2O4/c28-24(29)10-9-18-16-11-26-12-17(18)14-27(13-16)25(30)31-15-23-21-7-3-1-5-19(21)20-6-2-4-8-22(20)23/h1-8,16-18,23,26H,9-15H2,(H,28,29). The highest BCUT2D eigenvalue weighted by Crippen LogP contribution is 2.44. The molecule has 2 N–H and O–H groups in total. The molecule has 2 aromatic carbocycles. The minimum absolute atomic E-state index is 0.0608. The van der Waals surface area contributed by atoms with Crippen LogP contribution in [0, 0.1) is 17.8 Å². The molecule has 1 amide bonds. The Morgan fingerprint density at radius 1 is 0.968 bits per heavy atom. The van der Waals surface area contributed by atoms with Crippen LogP contribution >= 0.6 is 0 Å². The maximum atomic E-state index is 13.0. The third-order valence-corrected chi connectivity index (χ3v) is 7.22. The first-order valence-electron chi connectivity index (χ1n) is 11.1.